The molecule has 0 N–H and O–H groups in total. The number of aromatic nitrogens is 4. The van der Waals surface area contributed by atoms with E-state index in [0.29, 0.717) is 23.7 Å². The van der Waals surface area contributed by atoms with Gasteiger partial charge in [0.05, 0.1) is 22.8 Å². The molecule has 0 amide bonds. The van der Waals surface area contributed by atoms with Gasteiger partial charge >= 0.3 is 21.1 Å². The Hall–Kier alpha value is -6.87. The molecule has 5 aliphatic carbocycles. The molecule has 8 bridgehead atoms. The summed E-state index contributed by atoms with van der Waals surface area (Å²) >= 11 is 0. The van der Waals surface area contributed by atoms with Crippen molar-refractivity contribution < 1.29 is 21.1 Å². The van der Waals surface area contributed by atoms with Crippen LogP contribution in [0.1, 0.15) is 174 Å². The van der Waals surface area contributed by atoms with Crippen molar-refractivity contribution in [1.29, 1.82) is 0 Å². The SMILES string of the molecule is [Pt+2].c1ccc2cc3c(cc2c1)-c1nc-3c(C2CCCCC2)c2[n-]c(c(C3CCCCC3)c3nc(c(C4CCCCC4)c4[n-]c(c1C1CCCCC1)c1cc5ccccc5cc41)-c1cc4ccccc4cc1-3)c1cc3ccccc3cc21. The van der Waals surface area contributed by atoms with Crippen LogP contribution in [0.4, 0.5) is 0 Å². The van der Waals surface area contributed by atoms with Gasteiger partial charge in [0, 0.05) is 22.3 Å². The zero-order valence-electron chi connectivity index (χ0n) is 46.4. The quantitative estimate of drug-likeness (QED) is 0.176. The van der Waals surface area contributed by atoms with E-state index in [2.05, 4.69) is 146 Å². The molecule has 10 aromatic rings. The first-order valence-corrected chi connectivity index (χ1v) is 31.1. The molecule has 4 saturated carbocycles. The number of benzene rings is 8. The van der Waals surface area contributed by atoms with E-state index in [1.165, 1.54) is 186 Å². The van der Waals surface area contributed by atoms with Crippen molar-refractivity contribution in [3.8, 4) is 45.0 Å². The Morgan fingerprint density at radius 1 is 0.259 bits per heavy atom. The molecular formula is C76H68N4Pt. The van der Waals surface area contributed by atoms with Gasteiger partial charge in [-0.3, -0.25) is 0 Å². The molecule has 0 saturated heterocycles. The van der Waals surface area contributed by atoms with E-state index in [1.807, 2.05) is 0 Å². The molecule has 17 rings (SSSR count). The molecular weight excluding hydrogens is 1160 g/mol. The number of hydrogen-bond donors (Lipinski definition) is 0. The van der Waals surface area contributed by atoms with E-state index in [4.69, 9.17) is 19.9 Å². The minimum Gasteiger partial charge on any atom is -0.656 e. The third kappa shape index (κ3) is 8.14. The molecule has 402 valence electrons. The standard InChI is InChI=1S/C76H68N4.Pt/c1-5-21-45(22-6-1)65-69-57-37-49-29-13-15-31-51(49)39-59(57)71(77-69)66(46-23-7-2-8-24-46)73-61-41-53-33-17-19-35-55(53)43-63(61)75(79-73)68(48-27-11-4-12-28-48)76-64-44-56-36-20-18-34-54(56)42-62(64)74(80-76)67(47-25-9-3-10-26-47)72-60-40-52-32-16-14-30-50(52)38-58(60)70(65)78-72;/h13-20,29-48H,1-12,21-28H2;/q-2;+2. The third-order valence-corrected chi connectivity index (χ3v) is 20.6. The Labute approximate surface area is 489 Å². The maximum atomic E-state index is 6.39. The van der Waals surface area contributed by atoms with Crippen molar-refractivity contribution in [2.75, 3.05) is 0 Å². The first kappa shape index (κ1) is 49.9. The van der Waals surface area contributed by atoms with Crippen LogP contribution in [-0.2, 0) is 21.1 Å². The summed E-state index contributed by atoms with van der Waals surface area (Å²) in [4.78, 5) is 25.5. The predicted octanol–water partition coefficient (Wildman–Crippen LogP) is 21.3. The van der Waals surface area contributed by atoms with Crippen LogP contribution in [0.5, 0.6) is 0 Å². The molecule has 8 aromatic carbocycles. The second-order valence-corrected chi connectivity index (χ2v) is 25.2. The molecule has 2 aromatic heterocycles. The second-order valence-electron chi connectivity index (χ2n) is 25.2. The van der Waals surface area contributed by atoms with Crippen molar-refractivity contribution in [2.45, 2.75) is 152 Å². The average Bonchev–Trinajstić information content (AvgIpc) is 3.51. The first-order valence-electron chi connectivity index (χ1n) is 31.1. The summed E-state index contributed by atoms with van der Waals surface area (Å²) in [6.45, 7) is 0. The van der Waals surface area contributed by atoms with Crippen LogP contribution in [0, 0.1) is 0 Å². The number of nitrogens with zero attached hydrogens (tertiary/aromatic N) is 4. The van der Waals surface area contributed by atoms with Gasteiger partial charge in [0.2, 0.25) is 0 Å². The topological polar surface area (TPSA) is 54.0 Å². The molecule has 0 unspecified atom stereocenters. The molecule has 4 nitrogen and oxygen atoms in total. The van der Waals surface area contributed by atoms with Crippen LogP contribution >= 0.6 is 0 Å². The van der Waals surface area contributed by atoms with Crippen LogP contribution in [0.25, 0.3) is 132 Å². The summed E-state index contributed by atoms with van der Waals surface area (Å²) in [5.41, 5.74) is 19.7. The normalized spacial score (nSPS) is 17.6. The first-order chi connectivity index (χ1) is 39.7. The average molecular weight is 1230 g/mol. The summed E-state index contributed by atoms with van der Waals surface area (Å²) in [6.07, 6.45) is 24.0. The zero-order valence-corrected chi connectivity index (χ0v) is 48.7. The van der Waals surface area contributed by atoms with E-state index in [-0.39, 0.29) is 21.1 Å². The summed E-state index contributed by atoms with van der Waals surface area (Å²) in [6, 6.07) is 56.4. The van der Waals surface area contributed by atoms with Crippen LogP contribution in [-0.4, -0.2) is 9.97 Å². The molecule has 4 heterocycles. The van der Waals surface area contributed by atoms with Crippen LogP contribution in [0.15, 0.2) is 146 Å². The number of hydrogen-bond acceptors (Lipinski definition) is 2. The Balaban J connectivity index is 0.00000542. The molecule has 0 atom stereocenters. The van der Waals surface area contributed by atoms with Crippen molar-refractivity contribution in [1.82, 2.24) is 19.9 Å². The van der Waals surface area contributed by atoms with Gasteiger partial charge in [-0.1, -0.05) is 174 Å². The predicted molar refractivity (Wildman–Crippen MR) is 336 cm³/mol. The van der Waals surface area contributed by atoms with Crippen LogP contribution < -0.4 is 9.97 Å². The van der Waals surface area contributed by atoms with Crippen molar-refractivity contribution in [3.63, 3.8) is 0 Å². The zero-order chi connectivity index (χ0) is 52.4. The van der Waals surface area contributed by atoms with Gasteiger partial charge in [-0.2, -0.15) is 0 Å². The van der Waals surface area contributed by atoms with Crippen LogP contribution in [0.3, 0.4) is 0 Å². The molecule has 0 spiro atoms. The fraction of sp³-hybridized carbons (Fsp3) is 0.316. The van der Waals surface area contributed by atoms with Gasteiger partial charge in [0.25, 0.3) is 0 Å². The molecule has 81 heavy (non-hydrogen) atoms. The van der Waals surface area contributed by atoms with Crippen molar-refractivity contribution in [2.24, 2.45) is 0 Å². The fourth-order valence-electron chi connectivity index (χ4n) is 16.7. The molecule has 4 fully saturated rings. The van der Waals surface area contributed by atoms with E-state index >= 15 is 0 Å². The molecule has 7 aliphatic rings. The van der Waals surface area contributed by atoms with Gasteiger partial charge in [0.15, 0.2) is 0 Å². The molecule has 0 radical (unpaired) electrons. The van der Waals surface area contributed by atoms with E-state index < -0.39 is 0 Å². The van der Waals surface area contributed by atoms with Crippen molar-refractivity contribution in [3.05, 3.63) is 168 Å². The van der Waals surface area contributed by atoms with Crippen molar-refractivity contribution >= 4 is 86.7 Å². The maximum absolute atomic E-state index is 6.39. The third-order valence-electron chi connectivity index (χ3n) is 20.6. The molecule has 2 aliphatic heterocycles. The minimum atomic E-state index is 0. The Bertz CT molecular complexity index is 3970. The van der Waals surface area contributed by atoms with Gasteiger partial charge in [0.1, 0.15) is 0 Å². The van der Waals surface area contributed by atoms with Gasteiger partial charge in [-0.05, 0) is 210 Å². The van der Waals surface area contributed by atoms with Crippen LogP contribution in [0.2, 0.25) is 0 Å². The fourth-order valence-corrected chi connectivity index (χ4v) is 16.7. The number of rotatable bonds is 4. The van der Waals surface area contributed by atoms with E-state index in [0.717, 1.165) is 96.2 Å². The smallest absolute Gasteiger partial charge is 0.656 e. The second kappa shape index (κ2) is 20.2. The summed E-state index contributed by atoms with van der Waals surface area (Å²) in [5, 5.41) is 15.2. The summed E-state index contributed by atoms with van der Waals surface area (Å²) in [5.74, 6) is 1.25. The van der Waals surface area contributed by atoms with E-state index in [1.54, 1.807) is 0 Å². The monoisotopic (exact) mass is 1230 g/mol. The maximum Gasteiger partial charge on any atom is 2.00 e. The van der Waals surface area contributed by atoms with E-state index in [9.17, 15) is 0 Å². The number of fused-ring (bicyclic) bond motifs is 4. The molecule has 5 heteroatoms. The van der Waals surface area contributed by atoms with Gasteiger partial charge < -0.3 is 9.97 Å². The van der Waals surface area contributed by atoms with Gasteiger partial charge in [-0.15, -0.1) is 22.1 Å². The Morgan fingerprint density at radius 3 is 0.667 bits per heavy atom. The summed E-state index contributed by atoms with van der Waals surface area (Å²) in [7, 11) is 0. The largest absolute Gasteiger partial charge is 2.00 e. The minimum absolute atomic E-state index is 0. The summed E-state index contributed by atoms with van der Waals surface area (Å²) < 4.78 is 0. The Morgan fingerprint density at radius 2 is 0.457 bits per heavy atom. The van der Waals surface area contributed by atoms with Gasteiger partial charge in [-0.25, -0.2) is 9.97 Å². The Kier molecular flexibility index (Phi) is 12.5.